The third-order valence-electron chi connectivity index (χ3n) is 5.07. The maximum absolute atomic E-state index is 12.4. The van der Waals surface area contributed by atoms with Crippen molar-refractivity contribution >= 4 is 23.5 Å². The molecule has 0 bridgehead atoms. The quantitative estimate of drug-likeness (QED) is 0.695. The molecule has 2 saturated heterocycles. The average Bonchev–Trinajstić information content (AvgIpc) is 2.94. The molecule has 0 aliphatic carbocycles. The normalized spacial score (nSPS) is 17.7. The van der Waals surface area contributed by atoms with Crippen molar-refractivity contribution < 1.29 is 19.1 Å². The molecule has 1 aromatic rings. The fourth-order valence-electron chi connectivity index (χ4n) is 3.44. The summed E-state index contributed by atoms with van der Waals surface area (Å²) < 4.78 is 5.18. The number of methoxy groups -OCH3 is 1. The highest BCUT2D eigenvalue weighted by molar-refractivity contribution is 6.01. The Balaban J connectivity index is 1.42. The third kappa shape index (κ3) is 4.32. The smallest absolute Gasteiger partial charge is 0.326 e. The van der Waals surface area contributed by atoms with Gasteiger partial charge in [0.1, 0.15) is 12.3 Å². The van der Waals surface area contributed by atoms with E-state index in [1.807, 2.05) is 29.2 Å². The molecule has 0 aromatic heterocycles. The second-order valence-electron chi connectivity index (χ2n) is 6.85. The van der Waals surface area contributed by atoms with E-state index >= 15 is 0 Å². The first-order valence-corrected chi connectivity index (χ1v) is 9.22. The van der Waals surface area contributed by atoms with E-state index in [2.05, 4.69) is 4.90 Å². The maximum atomic E-state index is 12.4. The summed E-state index contributed by atoms with van der Waals surface area (Å²) in [4.78, 5) is 42.7. The Morgan fingerprint density at radius 3 is 2.30 bits per heavy atom. The maximum Gasteiger partial charge on any atom is 0.326 e. The lowest BCUT2D eigenvalue weighted by atomic mass is 10.2. The van der Waals surface area contributed by atoms with E-state index in [1.54, 1.807) is 14.2 Å². The monoisotopic (exact) mass is 374 g/mol. The molecular weight excluding hydrogens is 348 g/mol. The molecule has 0 spiro atoms. The summed E-state index contributed by atoms with van der Waals surface area (Å²) >= 11 is 0. The number of rotatable bonds is 6. The molecule has 2 heterocycles. The first-order valence-electron chi connectivity index (χ1n) is 9.22. The molecule has 27 heavy (non-hydrogen) atoms. The predicted molar refractivity (Wildman–Crippen MR) is 101 cm³/mol. The minimum atomic E-state index is -0.277. The number of carbonyl (C=O) groups is 3. The largest absolute Gasteiger partial charge is 0.497 e. The van der Waals surface area contributed by atoms with Gasteiger partial charge in [-0.3, -0.25) is 14.5 Å². The molecule has 4 amide bonds. The summed E-state index contributed by atoms with van der Waals surface area (Å²) in [6, 6.07) is 7.64. The van der Waals surface area contributed by atoms with Crippen LogP contribution in [-0.4, -0.2) is 86.0 Å². The van der Waals surface area contributed by atoms with Crippen molar-refractivity contribution in [2.24, 2.45) is 0 Å². The van der Waals surface area contributed by atoms with Crippen LogP contribution in [0.15, 0.2) is 24.3 Å². The zero-order valence-corrected chi connectivity index (χ0v) is 15.9. The third-order valence-corrected chi connectivity index (χ3v) is 5.07. The summed E-state index contributed by atoms with van der Waals surface area (Å²) in [6.07, 6.45) is 0.853. The van der Waals surface area contributed by atoms with Gasteiger partial charge in [0.05, 0.1) is 7.11 Å². The number of piperazine rings is 1. The molecule has 0 unspecified atom stereocenters. The lowest BCUT2D eigenvalue weighted by Gasteiger charge is -2.36. The number of nitrogens with zero attached hydrogens (tertiary/aromatic N) is 4. The number of anilines is 1. The van der Waals surface area contributed by atoms with Gasteiger partial charge in [-0.2, -0.15) is 0 Å². The number of hydrogen-bond acceptors (Lipinski definition) is 5. The van der Waals surface area contributed by atoms with E-state index in [-0.39, 0.29) is 24.4 Å². The van der Waals surface area contributed by atoms with Crippen molar-refractivity contribution in [1.29, 1.82) is 0 Å². The zero-order chi connectivity index (χ0) is 19.4. The van der Waals surface area contributed by atoms with Crippen LogP contribution in [0.3, 0.4) is 0 Å². The molecule has 8 heteroatoms. The Morgan fingerprint density at radius 1 is 1.07 bits per heavy atom. The van der Waals surface area contributed by atoms with Gasteiger partial charge < -0.3 is 19.4 Å². The van der Waals surface area contributed by atoms with Gasteiger partial charge in [-0.15, -0.1) is 0 Å². The summed E-state index contributed by atoms with van der Waals surface area (Å²) in [6.45, 7) is 3.35. The summed E-state index contributed by atoms with van der Waals surface area (Å²) in [7, 11) is 3.25. The standard InChI is InChI=1S/C19H26N4O4/c1-20-14-18(25)23(19(20)26)9-3-4-17(24)22-12-10-21(11-13-22)15-5-7-16(27-2)8-6-15/h5-8H,3-4,9-14H2,1-2H3. The molecule has 0 radical (unpaired) electrons. The van der Waals surface area contributed by atoms with Crippen LogP contribution in [0, 0.1) is 0 Å². The van der Waals surface area contributed by atoms with Crippen molar-refractivity contribution in [3.05, 3.63) is 24.3 Å². The lowest BCUT2D eigenvalue weighted by molar-refractivity contribution is -0.132. The minimum Gasteiger partial charge on any atom is -0.497 e. The molecule has 0 saturated carbocycles. The van der Waals surface area contributed by atoms with E-state index < -0.39 is 0 Å². The summed E-state index contributed by atoms with van der Waals surface area (Å²) in [5.41, 5.74) is 1.12. The summed E-state index contributed by atoms with van der Waals surface area (Å²) in [5.74, 6) is 0.716. The number of carbonyl (C=O) groups excluding carboxylic acids is 3. The predicted octanol–water partition coefficient (Wildman–Crippen LogP) is 1.02. The number of hydrogen-bond donors (Lipinski definition) is 0. The zero-order valence-electron chi connectivity index (χ0n) is 15.9. The fourth-order valence-corrected chi connectivity index (χ4v) is 3.44. The van der Waals surface area contributed by atoms with Gasteiger partial charge in [0.25, 0.3) is 0 Å². The highest BCUT2D eigenvalue weighted by Gasteiger charge is 2.33. The second kappa shape index (κ2) is 8.28. The van der Waals surface area contributed by atoms with Gasteiger partial charge in [0.15, 0.2) is 0 Å². The molecule has 8 nitrogen and oxygen atoms in total. The van der Waals surface area contributed by atoms with Gasteiger partial charge in [0.2, 0.25) is 11.8 Å². The van der Waals surface area contributed by atoms with Gasteiger partial charge in [-0.25, -0.2) is 4.79 Å². The van der Waals surface area contributed by atoms with Crippen LogP contribution in [0.4, 0.5) is 10.5 Å². The fraction of sp³-hybridized carbons (Fsp3) is 0.526. The Hall–Kier alpha value is -2.77. The van der Waals surface area contributed by atoms with E-state index in [1.165, 1.54) is 9.80 Å². The second-order valence-corrected chi connectivity index (χ2v) is 6.85. The molecule has 1 aromatic carbocycles. The number of benzene rings is 1. The SMILES string of the molecule is COc1ccc(N2CCN(C(=O)CCCN3C(=O)CN(C)C3=O)CC2)cc1. The van der Waals surface area contributed by atoms with Crippen LogP contribution in [0.1, 0.15) is 12.8 Å². The van der Waals surface area contributed by atoms with Crippen LogP contribution < -0.4 is 9.64 Å². The first-order chi connectivity index (χ1) is 13.0. The van der Waals surface area contributed by atoms with Crippen molar-refractivity contribution in [2.45, 2.75) is 12.8 Å². The van der Waals surface area contributed by atoms with E-state index in [0.717, 1.165) is 24.5 Å². The number of urea groups is 1. The molecule has 2 fully saturated rings. The number of imide groups is 1. The van der Waals surface area contributed by atoms with Crippen LogP contribution >= 0.6 is 0 Å². The van der Waals surface area contributed by atoms with Gasteiger partial charge in [-0.1, -0.05) is 0 Å². The highest BCUT2D eigenvalue weighted by atomic mass is 16.5. The Morgan fingerprint density at radius 2 is 1.74 bits per heavy atom. The van der Waals surface area contributed by atoms with Crippen molar-refractivity contribution in [1.82, 2.24) is 14.7 Å². The number of ether oxygens (including phenoxy) is 1. The highest BCUT2D eigenvalue weighted by Crippen LogP contribution is 2.20. The van der Waals surface area contributed by atoms with Crippen molar-refractivity contribution in [2.75, 3.05) is 58.3 Å². The Labute approximate surface area is 159 Å². The van der Waals surface area contributed by atoms with Crippen LogP contribution in [0.25, 0.3) is 0 Å². The first kappa shape index (κ1) is 19.0. The number of likely N-dealkylation sites (N-methyl/N-ethyl adjacent to an activating group) is 1. The molecule has 2 aliphatic heterocycles. The molecule has 0 atom stereocenters. The van der Waals surface area contributed by atoms with Gasteiger partial charge in [-0.05, 0) is 30.7 Å². The molecule has 2 aliphatic rings. The van der Waals surface area contributed by atoms with Crippen LogP contribution in [0.5, 0.6) is 5.75 Å². The molecule has 3 rings (SSSR count). The van der Waals surface area contributed by atoms with Gasteiger partial charge >= 0.3 is 6.03 Å². The topological polar surface area (TPSA) is 73.4 Å². The van der Waals surface area contributed by atoms with E-state index in [4.69, 9.17) is 4.74 Å². The summed E-state index contributed by atoms with van der Waals surface area (Å²) in [5, 5.41) is 0. The van der Waals surface area contributed by atoms with Gasteiger partial charge in [0, 0.05) is 51.9 Å². The van der Waals surface area contributed by atoms with Crippen LogP contribution in [-0.2, 0) is 9.59 Å². The van der Waals surface area contributed by atoms with E-state index in [9.17, 15) is 14.4 Å². The van der Waals surface area contributed by atoms with E-state index in [0.29, 0.717) is 32.5 Å². The lowest BCUT2D eigenvalue weighted by Crippen LogP contribution is -2.48. The van der Waals surface area contributed by atoms with Crippen molar-refractivity contribution in [3.8, 4) is 5.75 Å². The van der Waals surface area contributed by atoms with Crippen LogP contribution in [0.2, 0.25) is 0 Å². The number of amides is 4. The molecule has 146 valence electrons. The van der Waals surface area contributed by atoms with Crippen molar-refractivity contribution in [3.63, 3.8) is 0 Å². The Bertz CT molecular complexity index is 698. The molecule has 0 N–H and O–H groups in total. The Kier molecular flexibility index (Phi) is 5.83. The average molecular weight is 374 g/mol. The minimum absolute atomic E-state index is 0.0804. The molecular formula is C19H26N4O4.